The van der Waals surface area contributed by atoms with Gasteiger partial charge in [-0.1, -0.05) is 33.1 Å². The second kappa shape index (κ2) is 12.7. The van der Waals surface area contributed by atoms with Crippen LogP contribution in [0.2, 0.25) is 0 Å². The van der Waals surface area contributed by atoms with Gasteiger partial charge in [-0.05, 0) is 19.3 Å². The number of carbonyl (C=O) groups is 2. The molecule has 6 heteroatoms. The number of hydrogen-bond acceptors (Lipinski definition) is 3. The van der Waals surface area contributed by atoms with Crippen LogP contribution in [0.3, 0.4) is 0 Å². The summed E-state index contributed by atoms with van der Waals surface area (Å²) >= 11 is 0. The molecule has 0 aliphatic heterocycles. The van der Waals surface area contributed by atoms with Gasteiger partial charge in [-0.3, -0.25) is 0 Å². The zero-order chi connectivity index (χ0) is 15.2. The van der Waals surface area contributed by atoms with Gasteiger partial charge in [-0.15, -0.1) is 0 Å². The van der Waals surface area contributed by atoms with Crippen LogP contribution >= 0.6 is 0 Å². The summed E-state index contributed by atoms with van der Waals surface area (Å²) < 4.78 is 5.36. The molecule has 0 spiro atoms. The first kappa shape index (κ1) is 18.7. The molecule has 0 unspecified atom stereocenters. The first-order valence-electron chi connectivity index (χ1n) is 7.46. The Morgan fingerprint density at radius 1 is 1.10 bits per heavy atom. The second-order valence-corrected chi connectivity index (χ2v) is 4.75. The standard InChI is InChI=1S/C14H28N2O4/c1-3-5-8-12(13(17)18)16-14(19)15-9-7-11-20-10-6-4-2/h12H,3-11H2,1-2H3,(H,17,18)(H2,15,16,19)/t12-/m0/s1. The van der Waals surface area contributed by atoms with Crippen molar-refractivity contribution in [3.8, 4) is 0 Å². The molecule has 20 heavy (non-hydrogen) atoms. The molecule has 0 aliphatic carbocycles. The molecule has 0 fully saturated rings. The molecule has 0 aromatic carbocycles. The molecule has 3 N–H and O–H groups in total. The van der Waals surface area contributed by atoms with Gasteiger partial charge in [0.25, 0.3) is 0 Å². The molecular formula is C14H28N2O4. The molecule has 0 heterocycles. The van der Waals surface area contributed by atoms with E-state index in [9.17, 15) is 9.59 Å². The van der Waals surface area contributed by atoms with E-state index in [1.807, 2.05) is 6.92 Å². The van der Waals surface area contributed by atoms with Crippen LogP contribution in [-0.2, 0) is 9.53 Å². The largest absolute Gasteiger partial charge is 0.480 e. The van der Waals surface area contributed by atoms with E-state index in [1.54, 1.807) is 0 Å². The van der Waals surface area contributed by atoms with Crippen LogP contribution in [-0.4, -0.2) is 42.9 Å². The lowest BCUT2D eigenvalue weighted by atomic mass is 10.1. The van der Waals surface area contributed by atoms with E-state index in [-0.39, 0.29) is 0 Å². The topological polar surface area (TPSA) is 87.7 Å². The van der Waals surface area contributed by atoms with Crippen LogP contribution in [0.15, 0.2) is 0 Å². The van der Waals surface area contributed by atoms with Crippen LogP contribution in [0.25, 0.3) is 0 Å². The molecule has 0 aromatic heterocycles. The van der Waals surface area contributed by atoms with E-state index in [4.69, 9.17) is 9.84 Å². The van der Waals surface area contributed by atoms with Crippen LogP contribution in [0.4, 0.5) is 4.79 Å². The monoisotopic (exact) mass is 288 g/mol. The number of urea groups is 1. The predicted molar refractivity (Wildman–Crippen MR) is 77.8 cm³/mol. The number of nitrogens with one attached hydrogen (secondary N) is 2. The summed E-state index contributed by atoms with van der Waals surface area (Å²) in [5.74, 6) is -0.989. The number of ether oxygens (including phenoxy) is 1. The van der Waals surface area contributed by atoms with E-state index < -0.39 is 18.0 Å². The smallest absolute Gasteiger partial charge is 0.326 e. The summed E-state index contributed by atoms with van der Waals surface area (Å²) in [6.07, 6.45) is 5.02. The van der Waals surface area contributed by atoms with Gasteiger partial charge in [0.05, 0.1) is 0 Å². The number of carboxylic acids is 1. The number of amides is 2. The average molecular weight is 288 g/mol. The molecule has 0 rings (SSSR count). The van der Waals surface area contributed by atoms with Gasteiger partial charge in [0, 0.05) is 19.8 Å². The van der Waals surface area contributed by atoms with Crippen molar-refractivity contribution < 1.29 is 19.4 Å². The summed E-state index contributed by atoms with van der Waals surface area (Å²) in [5, 5.41) is 14.1. The number of carboxylic acid groups (broad SMARTS) is 1. The summed E-state index contributed by atoms with van der Waals surface area (Å²) in [6.45, 7) is 5.93. The zero-order valence-corrected chi connectivity index (χ0v) is 12.6. The molecule has 1 atom stereocenters. The summed E-state index contributed by atoms with van der Waals surface area (Å²) in [6, 6.07) is -1.24. The number of hydrogen-bond donors (Lipinski definition) is 3. The third kappa shape index (κ3) is 10.6. The molecule has 0 saturated heterocycles. The minimum absolute atomic E-state index is 0.429. The number of carbonyl (C=O) groups excluding carboxylic acids is 1. The first-order valence-corrected chi connectivity index (χ1v) is 7.46. The van der Waals surface area contributed by atoms with Crippen LogP contribution in [0, 0.1) is 0 Å². The fourth-order valence-electron chi connectivity index (χ4n) is 1.60. The molecular weight excluding hydrogens is 260 g/mol. The lowest BCUT2D eigenvalue weighted by molar-refractivity contribution is -0.139. The Hall–Kier alpha value is -1.30. The van der Waals surface area contributed by atoms with Crippen molar-refractivity contribution in [1.29, 1.82) is 0 Å². The Kier molecular flexibility index (Phi) is 11.9. The number of rotatable bonds is 12. The highest BCUT2D eigenvalue weighted by molar-refractivity contribution is 5.82. The van der Waals surface area contributed by atoms with Gasteiger partial charge < -0.3 is 20.5 Å². The Morgan fingerprint density at radius 2 is 1.75 bits per heavy atom. The van der Waals surface area contributed by atoms with Gasteiger partial charge in [0.2, 0.25) is 0 Å². The minimum Gasteiger partial charge on any atom is -0.480 e. The van der Waals surface area contributed by atoms with E-state index in [2.05, 4.69) is 17.6 Å². The first-order chi connectivity index (χ1) is 9.61. The Balaban J connectivity index is 3.66. The van der Waals surface area contributed by atoms with Crippen LogP contribution < -0.4 is 10.6 Å². The number of aliphatic carboxylic acids is 1. The van der Waals surface area contributed by atoms with Crippen molar-refractivity contribution >= 4 is 12.0 Å². The minimum atomic E-state index is -0.989. The molecule has 0 aromatic rings. The maximum Gasteiger partial charge on any atom is 0.326 e. The quantitative estimate of drug-likeness (QED) is 0.480. The van der Waals surface area contributed by atoms with Crippen molar-refractivity contribution in [2.45, 2.75) is 58.4 Å². The fraction of sp³-hybridized carbons (Fsp3) is 0.857. The maximum atomic E-state index is 11.5. The summed E-state index contributed by atoms with van der Waals surface area (Å²) in [4.78, 5) is 22.5. The van der Waals surface area contributed by atoms with E-state index in [0.717, 1.165) is 38.7 Å². The highest BCUT2D eigenvalue weighted by atomic mass is 16.5. The van der Waals surface area contributed by atoms with E-state index >= 15 is 0 Å². The van der Waals surface area contributed by atoms with Gasteiger partial charge in [0.15, 0.2) is 0 Å². The van der Waals surface area contributed by atoms with Gasteiger partial charge in [-0.2, -0.15) is 0 Å². The van der Waals surface area contributed by atoms with Gasteiger partial charge in [-0.25, -0.2) is 9.59 Å². The van der Waals surface area contributed by atoms with Crippen LogP contribution in [0.5, 0.6) is 0 Å². The molecule has 0 saturated carbocycles. The Labute approximate surface area is 121 Å². The zero-order valence-electron chi connectivity index (χ0n) is 12.6. The molecule has 6 nitrogen and oxygen atoms in total. The summed E-state index contributed by atoms with van der Waals surface area (Å²) in [5.41, 5.74) is 0. The lowest BCUT2D eigenvalue weighted by Crippen LogP contribution is -2.46. The van der Waals surface area contributed by atoms with Crippen molar-refractivity contribution in [3.63, 3.8) is 0 Å². The van der Waals surface area contributed by atoms with E-state index in [1.165, 1.54) is 0 Å². The average Bonchev–Trinajstić information content (AvgIpc) is 2.42. The van der Waals surface area contributed by atoms with Gasteiger partial charge >= 0.3 is 12.0 Å². The predicted octanol–water partition coefficient (Wildman–Crippen LogP) is 2.14. The molecule has 0 radical (unpaired) electrons. The lowest BCUT2D eigenvalue weighted by Gasteiger charge is -2.14. The Bertz CT molecular complexity index is 272. The second-order valence-electron chi connectivity index (χ2n) is 4.75. The van der Waals surface area contributed by atoms with Crippen LogP contribution in [0.1, 0.15) is 52.4 Å². The van der Waals surface area contributed by atoms with Crippen molar-refractivity contribution in [2.75, 3.05) is 19.8 Å². The molecule has 0 bridgehead atoms. The third-order valence-electron chi connectivity index (χ3n) is 2.84. The maximum absolute atomic E-state index is 11.5. The molecule has 118 valence electrons. The van der Waals surface area contributed by atoms with Gasteiger partial charge in [0.1, 0.15) is 6.04 Å². The Morgan fingerprint density at radius 3 is 2.35 bits per heavy atom. The molecule has 0 aliphatic rings. The third-order valence-corrected chi connectivity index (χ3v) is 2.84. The molecule has 2 amide bonds. The normalized spacial score (nSPS) is 11.9. The SMILES string of the molecule is CCCCOCCCNC(=O)N[C@@H](CCCC)C(=O)O. The highest BCUT2D eigenvalue weighted by Gasteiger charge is 2.18. The van der Waals surface area contributed by atoms with Crippen molar-refractivity contribution in [3.05, 3.63) is 0 Å². The highest BCUT2D eigenvalue weighted by Crippen LogP contribution is 2.00. The van der Waals surface area contributed by atoms with Crippen molar-refractivity contribution in [1.82, 2.24) is 10.6 Å². The fourth-order valence-corrected chi connectivity index (χ4v) is 1.60. The summed E-state index contributed by atoms with van der Waals surface area (Å²) in [7, 11) is 0. The van der Waals surface area contributed by atoms with Crippen molar-refractivity contribution in [2.24, 2.45) is 0 Å². The number of unbranched alkanes of at least 4 members (excludes halogenated alkanes) is 2. The van der Waals surface area contributed by atoms with E-state index in [0.29, 0.717) is 19.6 Å².